The van der Waals surface area contributed by atoms with Crippen LogP contribution in [0.5, 0.6) is 0 Å². The van der Waals surface area contributed by atoms with Crippen molar-refractivity contribution in [2.24, 2.45) is 5.16 Å². The molecule has 0 amide bonds. The van der Waals surface area contributed by atoms with E-state index in [9.17, 15) is 0 Å². The van der Waals surface area contributed by atoms with E-state index in [1.165, 1.54) is 22.9 Å². The van der Waals surface area contributed by atoms with E-state index in [4.69, 9.17) is 5.21 Å². The molecule has 1 saturated carbocycles. The largest absolute Gasteiger partial charge is 0.411 e. The fourth-order valence-corrected chi connectivity index (χ4v) is 2.83. The summed E-state index contributed by atoms with van der Waals surface area (Å²) in [5, 5.41) is 13.6. The van der Waals surface area contributed by atoms with Gasteiger partial charge in [-0.3, -0.25) is 0 Å². The highest BCUT2D eigenvalue weighted by Gasteiger charge is 2.22. The van der Waals surface area contributed by atoms with Gasteiger partial charge < -0.3 is 10.2 Å². The molecule has 2 aromatic rings. The zero-order valence-electron chi connectivity index (χ0n) is 9.69. The Labute approximate surface area is 100 Å². The molecule has 17 heavy (non-hydrogen) atoms. The minimum Gasteiger partial charge on any atom is -0.411 e. The lowest BCUT2D eigenvalue weighted by Gasteiger charge is -2.22. The molecular weight excluding hydrogens is 212 g/mol. The Morgan fingerprint density at radius 2 is 2.18 bits per heavy atom. The number of hydrogen-bond acceptors (Lipinski definition) is 2. The van der Waals surface area contributed by atoms with E-state index in [0.29, 0.717) is 5.92 Å². The molecule has 3 nitrogen and oxygen atoms in total. The Kier molecular flexibility index (Phi) is 2.59. The minimum absolute atomic E-state index is 0.491. The summed E-state index contributed by atoms with van der Waals surface area (Å²) in [5.74, 6) is 0.491. The number of benzene rings is 1. The first-order chi connectivity index (χ1) is 8.38. The van der Waals surface area contributed by atoms with Crippen LogP contribution in [0.1, 0.15) is 37.2 Å². The van der Waals surface area contributed by atoms with Crippen LogP contribution in [0.3, 0.4) is 0 Å². The summed E-state index contributed by atoms with van der Waals surface area (Å²) in [4.78, 5) is 3.32. The van der Waals surface area contributed by atoms with Crippen LogP contribution >= 0.6 is 0 Å². The summed E-state index contributed by atoms with van der Waals surface area (Å²) in [7, 11) is 0. The number of fused-ring (bicyclic) bond motifs is 1. The first kappa shape index (κ1) is 10.4. The molecule has 0 aliphatic heterocycles. The standard InChI is InChI=1S/C14H16N2O/c17-16-11-5-3-4-10(8-11)13-9-15-14-7-2-1-6-12(13)14/h1-2,6-7,9-10,15,17H,3-5,8H2/b16-11-/t10-/m0/s1. The van der Waals surface area contributed by atoms with Gasteiger partial charge in [0.1, 0.15) is 0 Å². The quantitative estimate of drug-likeness (QED) is 0.568. The van der Waals surface area contributed by atoms with Gasteiger partial charge in [0.05, 0.1) is 5.71 Å². The molecule has 1 fully saturated rings. The number of H-pyrrole nitrogens is 1. The van der Waals surface area contributed by atoms with Crippen molar-refractivity contribution in [3.8, 4) is 0 Å². The van der Waals surface area contributed by atoms with Crippen LogP contribution in [0.15, 0.2) is 35.6 Å². The Hall–Kier alpha value is -1.77. The summed E-state index contributed by atoms with van der Waals surface area (Å²) in [6.07, 6.45) is 6.23. The van der Waals surface area contributed by atoms with Crippen LogP contribution < -0.4 is 0 Å². The lowest BCUT2D eigenvalue weighted by Crippen LogP contribution is -2.13. The van der Waals surface area contributed by atoms with E-state index in [0.717, 1.165) is 25.0 Å². The number of hydrogen-bond donors (Lipinski definition) is 2. The second-order valence-electron chi connectivity index (χ2n) is 4.75. The first-order valence-corrected chi connectivity index (χ1v) is 6.14. The fraction of sp³-hybridized carbons (Fsp3) is 0.357. The first-order valence-electron chi connectivity index (χ1n) is 6.14. The molecule has 1 heterocycles. The molecule has 1 aliphatic rings. The van der Waals surface area contributed by atoms with Crippen molar-refractivity contribution >= 4 is 16.6 Å². The SMILES string of the molecule is O/N=C1/CCC[C@H](c2c[nH]c3ccccc23)C1. The average Bonchev–Trinajstić information content (AvgIpc) is 2.82. The van der Waals surface area contributed by atoms with Crippen molar-refractivity contribution in [1.29, 1.82) is 0 Å². The molecule has 3 rings (SSSR count). The Balaban J connectivity index is 1.98. The van der Waals surface area contributed by atoms with Gasteiger partial charge in [-0.05, 0) is 43.2 Å². The zero-order chi connectivity index (χ0) is 11.7. The van der Waals surface area contributed by atoms with E-state index in [1.54, 1.807) is 0 Å². The topological polar surface area (TPSA) is 48.4 Å². The van der Waals surface area contributed by atoms with E-state index < -0.39 is 0 Å². The van der Waals surface area contributed by atoms with Crippen LogP contribution in [0.25, 0.3) is 10.9 Å². The third-order valence-electron chi connectivity index (χ3n) is 3.70. The van der Waals surface area contributed by atoms with Crippen molar-refractivity contribution < 1.29 is 5.21 Å². The summed E-state index contributed by atoms with van der Waals surface area (Å²) in [6, 6.07) is 8.38. The molecule has 88 valence electrons. The van der Waals surface area contributed by atoms with Crippen molar-refractivity contribution in [3.05, 3.63) is 36.0 Å². The Morgan fingerprint density at radius 1 is 1.29 bits per heavy atom. The number of rotatable bonds is 1. The average molecular weight is 228 g/mol. The molecule has 0 spiro atoms. The fourth-order valence-electron chi connectivity index (χ4n) is 2.83. The lowest BCUT2D eigenvalue weighted by molar-refractivity contribution is 0.313. The van der Waals surface area contributed by atoms with E-state index in [-0.39, 0.29) is 0 Å². The van der Waals surface area contributed by atoms with Gasteiger partial charge in [0.15, 0.2) is 0 Å². The molecule has 3 heteroatoms. The molecule has 1 aromatic carbocycles. The normalized spacial score (nSPS) is 23.3. The predicted molar refractivity (Wildman–Crippen MR) is 68.7 cm³/mol. The number of nitrogens with zero attached hydrogens (tertiary/aromatic N) is 1. The monoisotopic (exact) mass is 228 g/mol. The minimum atomic E-state index is 0.491. The maximum atomic E-state index is 8.90. The molecule has 0 unspecified atom stereocenters. The number of aromatic nitrogens is 1. The predicted octanol–water partition coefficient (Wildman–Crippen LogP) is 3.66. The maximum absolute atomic E-state index is 8.90. The summed E-state index contributed by atoms with van der Waals surface area (Å²) in [5.41, 5.74) is 3.49. The maximum Gasteiger partial charge on any atom is 0.0576 e. The molecule has 2 N–H and O–H groups in total. The molecular formula is C14H16N2O. The smallest absolute Gasteiger partial charge is 0.0576 e. The van der Waals surface area contributed by atoms with Gasteiger partial charge in [-0.25, -0.2) is 0 Å². The summed E-state index contributed by atoms with van der Waals surface area (Å²) >= 11 is 0. The van der Waals surface area contributed by atoms with Crippen molar-refractivity contribution in [2.75, 3.05) is 0 Å². The van der Waals surface area contributed by atoms with Crippen molar-refractivity contribution in [2.45, 2.75) is 31.6 Å². The number of para-hydroxylation sites is 1. The van der Waals surface area contributed by atoms with Crippen LogP contribution in [0, 0.1) is 0 Å². The van der Waals surface area contributed by atoms with Gasteiger partial charge in [-0.15, -0.1) is 0 Å². The highest BCUT2D eigenvalue weighted by molar-refractivity contribution is 5.88. The van der Waals surface area contributed by atoms with Gasteiger partial charge >= 0.3 is 0 Å². The van der Waals surface area contributed by atoms with Crippen LogP contribution in [-0.2, 0) is 0 Å². The summed E-state index contributed by atoms with van der Waals surface area (Å²) < 4.78 is 0. The zero-order valence-corrected chi connectivity index (χ0v) is 9.69. The number of aromatic amines is 1. The summed E-state index contributed by atoms with van der Waals surface area (Å²) in [6.45, 7) is 0. The lowest BCUT2D eigenvalue weighted by atomic mass is 9.83. The van der Waals surface area contributed by atoms with Crippen molar-refractivity contribution in [1.82, 2.24) is 4.98 Å². The van der Waals surface area contributed by atoms with E-state index >= 15 is 0 Å². The van der Waals surface area contributed by atoms with Gasteiger partial charge in [0.2, 0.25) is 0 Å². The molecule has 0 radical (unpaired) electrons. The second kappa shape index (κ2) is 4.24. The highest BCUT2D eigenvalue weighted by atomic mass is 16.4. The second-order valence-corrected chi connectivity index (χ2v) is 4.75. The van der Waals surface area contributed by atoms with Gasteiger partial charge in [0.25, 0.3) is 0 Å². The van der Waals surface area contributed by atoms with Gasteiger partial charge in [-0.2, -0.15) is 0 Å². The third-order valence-corrected chi connectivity index (χ3v) is 3.70. The van der Waals surface area contributed by atoms with Crippen LogP contribution in [-0.4, -0.2) is 15.9 Å². The van der Waals surface area contributed by atoms with Crippen molar-refractivity contribution in [3.63, 3.8) is 0 Å². The van der Waals surface area contributed by atoms with Gasteiger partial charge in [-0.1, -0.05) is 23.4 Å². The molecule has 1 atom stereocenters. The Morgan fingerprint density at radius 3 is 3.06 bits per heavy atom. The van der Waals surface area contributed by atoms with Crippen LogP contribution in [0.2, 0.25) is 0 Å². The number of oxime groups is 1. The van der Waals surface area contributed by atoms with E-state index in [2.05, 4.69) is 34.5 Å². The highest BCUT2D eigenvalue weighted by Crippen LogP contribution is 2.35. The Bertz CT molecular complexity index is 556. The van der Waals surface area contributed by atoms with Gasteiger partial charge in [0, 0.05) is 17.1 Å². The molecule has 1 aromatic heterocycles. The molecule has 1 aliphatic carbocycles. The van der Waals surface area contributed by atoms with E-state index in [1.807, 2.05) is 6.07 Å². The number of nitrogens with one attached hydrogen (secondary N) is 1. The molecule has 0 saturated heterocycles. The molecule has 0 bridgehead atoms. The van der Waals surface area contributed by atoms with Crippen LogP contribution in [0.4, 0.5) is 0 Å². The third kappa shape index (κ3) is 1.82.